The van der Waals surface area contributed by atoms with Crippen LogP contribution in [0.2, 0.25) is 0 Å². The number of esters is 1. The standard InChI is InChI=1S/C22H22FNO4/c1-27-19-11-6-16(7-12-19)14-24(18-9-10-18)21(25)15-28-22(26)13-8-17-4-2-3-5-20(17)23/h2-8,11-13,18H,9-10,14-15H2,1H3/b13-8+. The summed E-state index contributed by atoms with van der Waals surface area (Å²) < 4.78 is 23.7. The van der Waals surface area contributed by atoms with Crippen LogP contribution < -0.4 is 4.74 Å². The van der Waals surface area contributed by atoms with Crippen LogP contribution >= 0.6 is 0 Å². The molecule has 1 amide bonds. The third-order valence-electron chi connectivity index (χ3n) is 4.46. The summed E-state index contributed by atoms with van der Waals surface area (Å²) in [5.74, 6) is -0.603. The molecule has 2 aromatic rings. The third kappa shape index (κ3) is 5.42. The van der Waals surface area contributed by atoms with E-state index in [2.05, 4.69) is 0 Å². The molecule has 0 atom stereocenters. The first kappa shape index (κ1) is 19.6. The molecule has 0 bridgehead atoms. The van der Waals surface area contributed by atoms with Crippen molar-refractivity contribution in [1.82, 2.24) is 4.90 Å². The number of methoxy groups -OCH3 is 1. The number of halogens is 1. The fraction of sp³-hybridized carbons (Fsp3) is 0.273. The van der Waals surface area contributed by atoms with Gasteiger partial charge in [0.05, 0.1) is 7.11 Å². The highest BCUT2D eigenvalue weighted by atomic mass is 19.1. The van der Waals surface area contributed by atoms with Crippen molar-refractivity contribution >= 4 is 18.0 Å². The number of carbonyl (C=O) groups excluding carboxylic acids is 2. The Labute approximate surface area is 163 Å². The molecule has 0 spiro atoms. The van der Waals surface area contributed by atoms with Gasteiger partial charge in [0, 0.05) is 24.2 Å². The molecular formula is C22H22FNO4. The minimum Gasteiger partial charge on any atom is -0.497 e. The molecule has 28 heavy (non-hydrogen) atoms. The van der Waals surface area contributed by atoms with E-state index in [9.17, 15) is 14.0 Å². The summed E-state index contributed by atoms with van der Waals surface area (Å²) in [6.07, 6.45) is 4.35. The zero-order chi connectivity index (χ0) is 19.9. The maximum Gasteiger partial charge on any atom is 0.331 e. The summed E-state index contributed by atoms with van der Waals surface area (Å²) in [4.78, 5) is 26.1. The molecule has 5 nitrogen and oxygen atoms in total. The summed E-state index contributed by atoms with van der Waals surface area (Å²) in [7, 11) is 1.60. The van der Waals surface area contributed by atoms with Gasteiger partial charge in [-0.2, -0.15) is 0 Å². The van der Waals surface area contributed by atoms with Crippen LogP contribution in [0.5, 0.6) is 5.75 Å². The summed E-state index contributed by atoms with van der Waals surface area (Å²) in [5.41, 5.74) is 1.26. The SMILES string of the molecule is COc1ccc(CN(C(=O)COC(=O)/C=C/c2ccccc2F)C2CC2)cc1. The normalized spacial score (nSPS) is 13.4. The summed E-state index contributed by atoms with van der Waals surface area (Å²) in [6, 6.07) is 13.8. The van der Waals surface area contributed by atoms with Crippen molar-refractivity contribution in [1.29, 1.82) is 0 Å². The first-order chi connectivity index (χ1) is 13.6. The van der Waals surface area contributed by atoms with Crippen molar-refractivity contribution in [2.24, 2.45) is 0 Å². The second-order valence-electron chi connectivity index (χ2n) is 6.56. The molecule has 0 aliphatic heterocycles. The Balaban J connectivity index is 1.54. The number of benzene rings is 2. The van der Waals surface area contributed by atoms with Crippen LogP contribution in [0.1, 0.15) is 24.0 Å². The van der Waals surface area contributed by atoms with Crippen LogP contribution in [0, 0.1) is 5.82 Å². The van der Waals surface area contributed by atoms with Gasteiger partial charge in [0.25, 0.3) is 5.91 Å². The lowest BCUT2D eigenvalue weighted by molar-refractivity contribution is -0.148. The van der Waals surface area contributed by atoms with Gasteiger partial charge >= 0.3 is 5.97 Å². The van der Waals surface area contributed by atoms with E-state index in [-0.39, 0.29) is 24.1 Å². The number of hydrogen-bond donors (Lipinski definition) is 0. The fourth-order valence-electron chi connectivity index (χ4n) is 2.77. The minimum absolute atomic E-state index is 0.183. The molecule has 0 N–H and O–H groups in total. The number of hydrogen-bond acceptors (Lipinski definition) is 4. The van der Waals surface area contributed by atoms with Crippen LogP contribution in [0.3, 0.4) is 0 Å². The largest absolute Gasteiger partial charge is 0.497 e. The van der Waals surface area contributed by atoms with Gasteiger partial charge < -0.3 is 14.4 Å². The molecule has 0 unspecified atom stereocenters. The van der Waals surface area contributed by atoms with Gasteiger partial charge in [0.1, 0.15) is 11.6 Å². The monoisotopic (exact) mass is 383 g/mol. The molecule has 2 aromatic carbocycles. The maximum atomic E-state index is 13.5. The Morgan fingerprint density at radius 1 is 1.14 bits per heavy atom. The molecule has 1 aliphatic rings. The maximum absolute atomic E-state index is 13.5. The molecular weight excluding hydrogens is 361 g/mol. The Morgan fingerprint density at radius 3 is 2.50 bits per heavy atom. The lowest BCUT2D eigenvalue weighted by Gasteiger charge is -2.22. The van der Waals surface area contributed by atoms with E-state index >= 15 is 0 Å². The molecule has 1 saturated carbocycles. The van der Waals surface area contributed by atoms with E-state index in [1.165, 1.54) is 12.1 Å². The first-order valence-electron chi connectivity index (χ1n) is 9.08. The van der Waals surface area contributed by atoms with Gasteiger partial charge in [0.2, 0.25) is 0 Å². The van der Waals surface area contributed by atoms with Gasteiger partial charge in [-0.25, -0.2) is 9.18 Å². The topological polar surface area (TPSA) is 55.8 Å². The van der Waals surface area contributed by atoms with Gasteiger partial charge in [-0.15, -0.1) is 0 Å². The van der Waals surface area contributed by atoms with Crippen LogP contribution in [0.4, 0.5) is 4.39 Å². The second-order valence-corrected chi connectivity index (χ2v) is 6.56. The summed E-state index contributed by atoms with van der Waals surface area (Å²) >= 11 is 0. The van der Waals surface area contributed by atoms with E-state index in [4.69, 9.17) is 9.47 Å². The number of carbonyl (C=O) groups is 2. The number of amides is 1. The van der Waals surface area contributed by atoms with Gasteiger partial charge in [0.15, 0.2) is 6.61 Å². The van der Waals surface area contributed by atoms with E-state index in [0.717, 1.165) is 30.2 Å². The highest BCUT2D eigenvalue weighted by Crippen LogP contribution is 2.28. The predicted octanol–water partition coefficient (Wildman–Crippen LogP) is 3.58. The van der Waals surface area contributed by atoms with Crippen LogP contribution in [-0.2, 0) is 20.9 Å². The van der Waals surface area contributed by atoms with E-state index < -0.39 is 11.8 Å². The third-order valence-corrected chi connectivity index (χ3v) is 4.46. The summed E-state index contributed by atoms with van der Waals surface area (Å²) in [5, 5.41) is 0. The average molecular weight is 383 g/mol. The van der Waals surface area contributed by atoms with E-state index in [0.29, 0.717) is 6.54 Å². The minimum atomic E-state index is -0.684. The zero-order valence-corrected chi connectivity index (χ0v) is 15.6. The van der Waals surface area contributed by atoms with Crippen LogP contribution in [-0.4, -0.2) is 36.5 Å². The molecule has 6 heteroatoms. The Hall–Kier alpha value is -3.15. The second kappa shape index (κ2) is 9.17. The highest BCUT2D eigenvalue weighted by molar-refractivity contribution is 5.89. The van der Waals surface area contributed by atoms with Crippen molar-refractivity contribution in [2.45, 2.75) is 25.4 Å². The van der Waals surface area contributed by atoms with E-state index in [1.807, 2.05) is 24.3 Å². The molecule has 0 heterocycles. The van der Waals surface area contributed by atoms with Crippen molar-refractivity contribution in [3.05, 3.63) is 71.6 Å². The number of nitrogens with zero attached hydrogens (tertiary/aromatic N) is 1. The first-order valence-corrected chi connectivity index (χ1v) is 9.08. The molecule has 1 fully saturated rings. The van der Waals surface area contributed by atoms with Gasteiger partial charge in [-0.05, 0) is 42.7 Å². The van der Waals surface area contributed by atoms with Gasteiger partial charge in [-0.3, -0.25) is 4.79 Å². The van der Waals surface area contributed by atoms with Crippen LogP contribution in [0.25, 0.3) is 6.08 Å². The lowest BCUT2D eigenvalue weighted by Crippen LogP contribution is -2.35. The molecule has 0 radical (unpaired) electrons. The number of ether oxygens (including phenoxy) is 2. The summed E-state index contributed by atoms with van der Waals surface area (Å²) in [6.45, 7) is 0.114. The molecule has 0 aromatic heterocycles. The van der Waals surface area contributed by atoms with Crippen molar-refractivity contribution in [2.75, 3.05) is 13.7 Å². The Kier molecular flexibility index (Phi) is 6.42. The molecule has 146 valence electrons. The molecule has 3 rings (SSSR count). The van der Waals surface area contributed by atoms with E-state index in [1.54, 1.807) is 30.2 Å². The van der Waals surface area contributed by atoms with Crippen molar-refractivity contribution in [3.63, 3.8) is 0 Å². The fourth-order valence-corrected chi connectivity index (χ4v) is 2.77. The number of rotatable bonds is 8. The average Bonchev–Trinajstić information content (AvgIpc) is 3.55. The van der Waals surface area contributed by atoms with Crippen LogP contribution in [0.15, 0.2) is 54.6 Å². The Morgan fingerprint density at radius 2 is 1.86 bits per heavy atom. The zero-order valence-electron chi connectivity index (χ0n) is 15.6. The smallest absolute Gasteiger partial charge is 0.331 e. The predicted molar refractivity (Wildman–Crippen MR) is 103 cm³/mol. The highest BCUT2D eigenvalue weighted by Gasteiger charge is 2.32. The quantitative estimate of drug-likeness (QED) is 0.516. The molecule has 0 saturated heterocycles. The van der Waals surface area contributed by atoms with Gasteiger partial charge in [-0.1, -0.05) is 30.3 Å². The Bertz CT molecular complexity index is 859. The lowest BCUT2D eigenvalue weighted by atomic mass is 10.2. The molecule has 1 aliphatic carbocycles. The van der Waals surface area contributed by atoms with Crippen molar-refractivity contribution < 1.29 is 23.5 Å². The van der Waals surface area contributed by atoms with Crippen molar-refractivity contribution in [3.8, 4) is 5.75 Å².